The lowest BCUT2D eigenvalue weighted by molar-refractivity contribution is -0.141. The smallest absolute Gasteiger partial charge is 0.336 e. The Kier molecular flexibility index (Phi) is 4.63. The fraction of sp³-hybridized carbons (Fsp3) is 0.304. The van der Waals surface area contributed by atoms with Crippen molar-refractivity contribution in [2.75, 3.05) is 6.61 Å². The molecular formula is C23H20F4N4O. The molecule has 5 nitrogen and oxygen atoms in total. The Labute approximate surface area is 181 Å². The molecule has 5 rings (SSSR count). The number of benzene rings is 1. The van der Waals surface area contributed by atoms with E-state index in [-0.39, 0.29) is 24.0 Å². The predicted molar refractivity (Wildman–Crippen MR) is 110 cm³/mol. The number of hydrogen-bond donors (Lipinski definition) is 2. The maximum Gasteiger partial charge on any atom is 0.433 e. The second-order valence-electron chi connectivity index (χ2n) is 8.31. The van der Waals surface area contributed by atoms with Crippen LogP contribution in [0.2, 0.25) is 0 Å². The van der Waals surface area contributed by atoms with E-state index in [9.17, 15) is 17.6 Å². The maximum atomic E-state index is 13.6. The average Bonchev–Trinajstić information content (AvgIpc) is 3.17. The number of aromatic nitrogens is 1. The molecule has 0 fully saturated rings. The van der Waals surface area contributed by atoms with E-state index >= 15 is 0 Å². The predicted octanol–water partition coefficient (Wildman–Crippen LogP) is 3.70. The lowest BCUT2D eigenvalue weighted by atomic mass is 9.85. The number of rotatable bonds is 2. The highest BCUT2D eigenvalue weighted by Crippen LogP contribution is 2.43. The van der Waals surface area contributed by atoms with Crippen LogP contribution in [0.5, 0.6) is 0 Å². The van der Waals surface area contributed by atoms with Crippen molar-refractivity contribution in [1.82, 2.24) is 4.98 Å². The minimum atomic E-state index is -4.57. The van der Waals surface area contributed by atoms with Gasteiger partial charge in [-0.3, -0.25) is 5.73 Å². The Balaban J connectivity index is 1.46. The standard InChI is InChI=1S/C23H20F4N4O/c24-15-5-6-16-13(10-15)4-7-17(16)23(29)31-18-8-9-21(28,11-14(18)12-32-23)19-2-1-3-20(30-19)22(25,26)27/h1-3,5-6,8-11,17H,4,7,12,28-29H2. The van der Waals surface area contributed by atoms with Crippen molar-refractivity contribution in [2.45, 2.75) is 36.3 Å². The van der Waals surface area contributed by atoms with Gasteiger partial charge in [0.05, 0.1) is 23.6 Å². The minimum absolute atomic E-state index is 0.0615. The van der Waals surface area contributed by atoms with E-state index in [1.165, 1.54) is 24.3 Å². The number of aryl methyl sites for hydroxylation is 1. The van der Waals surface area contributed by atoms with Crippen molar-refractivity contribution in [3.8, 4) is 0 Å². The molecule has 3 aliphatic rings. The normalized spacial score (nSPS) is 29.2. The second kappa shape index (κ2) is 7.06. The van der Waals surface area contributed by atoms with Gasteiger partial charge in [0, 0.05) is 11.5 Å². The topological polar surface area (TPSA) is 86.5 Å². The van der Waals surface area contributed by atoms with Gasteiger partial charge in [0.25, 0.3) is 0 Å². The number of nitrogens with two attached hydrogens (primary N) is 2. The highest BCUT2D eigenvalue weighted by atomic mass is 19.4. The molecule has 3 atom stereocenters. The SMILES string of the molecule is NC1(c2cccc(C(F)(F)F)n2)C=CC2=NC(N)(C3CCc4cc(F)ccc43)OCC2=C1. The summed E-state index contributed by atoms with van der Waals surface area (Å²) in [6, 6.07) is 8.24. The summed E-state index contributed by atoms with van der Waals surface area (Å²) in [5.41, 5.74) is 13.6. The fourth-order valence-electron chi connectivity index (χ4n) is 4.56. The molecule has 1 aliphatic heterocycles. The number of nitrogens with zero attached hydrogens (tertiary/aromatic N) is 2. The van der Waals surface area contributed by atoms with Gasteiger partial charge in [0.2, 0.25) is 5.85 Å². The summed E-state index contributed by atoms with van der Waals surface area (Å²) in [7, 11) is 0. The van der Waals surface area contributed by atoms with Crippen LogP contribution in [0.3, 0.4) is 0 Å². The van der Waals surface area contributed by atoms with Crippen LogP contribution in [0.1, 0.15) is 34.9 Å². The van der Waals surface area contributed by atoms with Crippen molar-refractivity contribution < 1.29 is 22.3 Å². The molecule has 3 unspecified atom stereocenters. The Bertz CT molecular complexity index is 1190. The van der Waals surface area contributed by atoms with Crippen LogP contribution in [-0.2, 0) is 22.9 Å². The summed E-state index contributed by atoms with van der Waals surface area (Å²) in [6.45, 7) is 0.0879. The third-order valence-electron chi connectivity index (χ3n) is 6.18. The van der Waals surface area contributed by atoms with Crippen LogP contribution < -0.4 is 11.5 Å². The van der Waals surface area contributed by atoms with E-state index < -0.39 is 23.3 Å². The molecule has 0 radical (unpaired) electrons. The van der Waals surface area contributed by atoms with E-state index in [2.05, 4.69) is 9.98 Å². The van der Waals surface area contributed by atoms with Crippen molar-refractivity contribution in [3.63, 3.8) is 0 Å². The van der Waals surface area contributed by atoms with Crippen molar-refractivity contribution >= 4 is 5.71 Å². The lowest BCUT2D eigenvalue weighted by Crippen LogP contribution is -2.50. The molecule has 0 spiro atoms. The third kappa shape index (κ3) is 3.46. The van der Waals surface area contributed by atoms with Gasteiger partial charge in [-0.05, 0) is 60.4 Å². The summed E-state index contributed by atoms with van der Waals surface area (Å²) in [6.07, 6.45) is 1.58. The van der Waals surface area contributed by atoms with Crippen molar-refractivity contribution in [1.29, 1.82) is 0 Å². The molecule has 2 aliphatic carbocycles. The van der Waals surface area contributed by atoms with Crippen molar-refractivity contribution in [3.05, 3.63) is 88.5 Å². The Morgan fingerprint density at radius 3 is 2.72 bits per heavy atom. The van der Waals surface area contributed by atoms with Gasteiger partial charge in [-0.1, -0.05) is 18.2 Å². The molecule has 9 heteroatoms. The van der Waals surface area contributed by atoms with E-state index in [1.807, 2.05) is 0 Å². The molecule has 32 heavy (non-hydrogen) atoms. The van der Waals surface area contributed by atoms with E-state index in [0.717, 1.165) is 17.2 Å². The summed E-state index contributed by atoms with van der Waals surface area (Å²) in [4.78, 5) is 8.34. The first-order valence-corrected chi connectivity index (χ1v) is 10.1. The molecule has 0 saturated carbocycles. The number of allylic oxidation sites excluding steroid dienone is 1. The fourth-order valence-corrected chi connectivity index (χ4v) is 4.56. The molecule has 2 heterocycles. The van der Waals surface area contributed by atoms with Gasteiger partial charge in [-0.2, -0.15) is 13.2 Å². The number of hydrogen-bond acceptors (Lipinski definition) is 5. The largest absolute Gasteiger partial charge is 0.433 e. The molecule has 0 amide bonds. The van der Waals surface area contributed by atoms with Crippen LogP contribution in [0, 0.1) is 5.82 Å². The number of aliphatic imine (C=N–C) groups is 1. The number of alkyl halides is 3. The Morgan fingerprint density at radius 1 is 1.12 bits per heavy atom. The lowest BCUT2D eigenvalue weighted by Gasteiger charge is -2.38. The molecule has 2 aromatic rings. The highest BCUT2D eigenvalue weighted by molar-refractivity contribution is 6.10. The molecular weight excluding hydrogens is 424 g/mol. The summed E-state index contributed by atoms with van der Waals surface area (Å²) in [5, 5.41) is 0. The summed E-state index contributed by atoms with van der Waals surface area (Å²) >= 11 is 0. The first kappa shape index (κ1) is 21.0. The van der Waals surface area contributed by atoms with Gasteiger partial charge in [-0.15, -0.1) is 0 Å². The zero-order valence-electron chi connectivity index (χ0n) is 16.9. The summed E-state index contributed by atoms with van der Waals surface area (Å²) < 4.78 is 58.8. The molecule has 0 bridgehead atoms. The van der Waals surface area contributed by atoms with E-state index in [0.29, 0.717) is 24.1 Å². The molecule has 0 saturated heterocycles. The Hall–Kier alpha value is -2.88. The first-order valence-electron chi connectivity index (χ1n) is 10.1. The summed E-state index contributed by atoms with van der Waals surface area (Å²) in [5.74, 6) is -1.87. The molecule has 4 N–H and O–H groups in total. The molecule has 1 aromatic carbocycles. The zero-order valence-corrected chi connectivity index (χ0v) is 16.9. The van der Waals surface area contributed by atoms with Gasteiger partial charge in [0.1, 0.15) is 11.5 Å². The van der Waals surface area contributed by atoms with Crippen LogP contribution in [-0.4, -0.2) is 23.2 Å². The second-order valence-corrected chi connectivity index (χ2v) is 8.31. The van der Waals surface area contributed by atoms with E-state index in [4.69, 9.17) is 16.2 Å². The first-order chi connectivity index (χ1) is 15.1. The van der Waals surface area contributed by atoms with Crippen molar-refractivity contribution in [2.24, 2.45) is 16.5 Å². The monoisotopic (exact) mass is 444 g/mol. The van der Waals surface area contributed by atoms with Crippen LogP contribution >= 0.6 is 0 Å². The van der Waals surface area contributed by atoms with Gasteiger partial charge in [0.15, 0.2) is 0 Å². The minimum Gasteiger partial charge on any atom is -0.336 e. The van der Waals surface area contributed by atoms with Crippen LogP contribution in [0.4, 0.5) is 17.6 Å². The maximum absolute atomic E-state index is 13.6. The van der Waals surface area contributed by atoms with E-state index in [1.54, 1.807) is 24.3 Å². The number of fused-ring (bicyclic) bond motifs is 2. The third-order valence-corrected chi connectivity index (χ3v) is 6.18. The number of ether oxygens (including phenoxy) is 1. The number of pyridine rings is 1. The van der Waals surface area contributed by atoms with Gasteiger partial charge < -0.3 is 10.5 Å². The van der Waals surface area contributed by atoms with Crippen LogP contribution in [0.15, 0.2) is 65.2 Å². The quantitative estimate of drug-likeness (QED) is 0.692. The zero-order chi connectivity index (χ0) is 22.7. The van der Waals surface area contributed by atoms with Gasteiger partial charge >= 0.3 is 6.18 Å². The molecule has 1 aromatic heterocycles. The Morgan fingerprint density at radius 2 is 1.94 bits per heavy atom. The molecule has 166 valence electrons. The average molecular weight is 444 g/mol. The highest BCUT2D eigenvalue weighted by Gasteiger charge is 2.44. The van der Waals surface area contributed by atoms with Gasteiger partial charge in [-0.25, -0.2) is 14.4 Å². The number of halogens is 4. The van der Waals surface area contributed by atoms with Crippen LogP contribution in [0.25, 0.3) is 0 Å².